The smallest absolute Gasteiger partial charge is 0.236 e. The molecule has 4 nitrogen and oxygen atoms in total. The summed E-state index contributed by atoms with van der Waals surface area (Å²) in [5.41, 5.74) is 1.88. The van der Waals surface area contributed by atoms with Crippen LogP contribution in [0.15, 0.2) is 55.2 Å². The molecule has 3 aromatic rings. The van der Waals surface area contributed by atoms with Gasteiger partial charge in [0.25, 0.3) is 0 Å². The van der Waals surface area contributed by atoms with Gasteiger partial charge >= 0.3 is 0 Å². The Morgan fingerprint density at radius 2 is 2.04 bits per heavy atom. The van der Waals surface area contributed by atoms with Crippen LogP contribution in [0.25, 0.3) is 11.3 Å². The van der Waals surface area contributed by atoms with E-state index in [2.05, 4.69) is 47.1 Å². The van der Waals surface area contributed by atoms with Gasteiger partial charge in [-0.3, -0.25) is 4.79 Å². The van der Waals surface area contributed by atoms with Crippen molar-refractivity contribution in [2.24, 2.45) is 0 Å². The second-order valence-electron chi connectivity index (χ2n) is 4.83. The summed E-state index contributed by atoms with van der Waals surface area (Å²) in [7, 11) is 0. The Hall–Kier alpha value is -0.930. The van der Waals surface area contributed by atoms with Crippen LogP contribution in [0.4, 0.5) is 5.82 Å². The summed E-state index contributed by atoms with van der Waals surface area (Å²) in [6.07, 6.45) is 1.63. The van der Waals surface area contributed by atoms with E-state index < -0.39 is 0 Å². The maximum atomic E-state index is 12.1. The van der Waals surface area contributed by atoms with E-state index in [4.69, 9.17) is 11.6 Å². The van der Waals surface area contributed by atoms with E-state index in [1.165, 1.54) is 23.1 Å². The SMILES string of the molecule is O=C(CSc1nc(-c2ccc(Cl)cc2)cs1)Nc1ncc(Br)cc1Br. The highest BCUT2D eigenvalue weighted by Gasteiger charge is 2.10. The summed E-state index contributed by atoms with van der Waals surface area (Å²) >= 11 is 15.5. The monoisotopic (exact) mass is 517 g/mol. The van der Waals surface area contributed by atoms with E-state index >= 15 is 0 Å². The average Bonchev–Trinajstić information content (AvgIpc) is 3.05. The number of thiazole rings is 1. The molecular weight excluding hydrogens is 510 g/mol. The minimum Gasteiger partial charge on any atom is -0.309 e. The van der Waals surface area contributed by atoms with E-state index in [0.29, 0.717) is 10.8 Å². The van der Waals surface area contributed by atoms with Gasteiger partial charge in [-0.25, -0.2) is 9.97 Å². The number of nitrogens with zero attached hydrogens (tertiary/aromatic N) is 2. The van der Waals surface area contributed by atoms with E-state index in [1.54, 1.807) is 6.20 Å². The Labute approximate surface area is 174 Å². The third-order valence-corrected chi connectivity index (χ3v) is 6.33. The molecule has 0 saturated carbocycles. The summed E-state index contributed by atoms with van der Waals surface area (Å²) in [6, 6.07) is 9.35. The summed E-state index contributed by atoms with van der Waals surface area (Å²) < 4.78 is 2.40. The van der Waals surface area contributed by atoms with Crippen LogP contribution >= 0.6 is 66.6 Å². The first kappa shape index (κ1) is 18.8. The first-order chi connectivity index (χ1) is 12.0. The largest absolute Gasteiger partial charge is 0.309 e. The number of rotatable bonds is 5. The minimum absolute atomic E-state index is 0.135. The topological polar surface area (TPSA) is 54.9 Å². The number of nitrogens with one attached hydrogen (secondary N) is 1. The molecule has 0 saturated heterocycles. The predicted molar refractivity (Wildman–Crippen MR) is 112 cm³/mol. The molecule has 1 amide bonds. The zero-order chi connectivity index (χ0) is 17.8. The fourth-order valence-corrected chi connectivity index (χ4v) is 4.73. The molecule has 0 aliphatic rings. The lowest BCUT2D eigenvalue weighted by atomic mass is 10.2. The van der Waals surface area contributed by atoms with Gasteiger partial charge in [0.15, 0.2) is 4.34 Å². The summed E-state index contributed by atoms with van der Waals surface area (Å²) in [5, 5.41) is 5.44. The van der Waals surface area contributed by atoms with Gasteiger partial charge in [-0.1, -0.05) is 35.5 Å². The number of carbonyl (C=O) groups is 1. The van der Waals surface area contributed by atoms with E-state index in [9.17, 15) is 4.79 Å². The number of amides is 1. The average molecular weight is 520 g/mol. The highest BCUT2D eigenvalue weighted by Crippen LogP contribution is 2.29. The van der Waals surface area contributed by atoms with E-state index in [0.717, 1.165) is 24.5 Å². The first-order valence-corrected chi connectivity index (χ1v) is 10.8. The van der Waals surface area contributed by atoms with Crippen molar-refractivity contribution in [3.8, 4) is 11.3 Å². The van der Waals surface area contributed by atoms with Gasteiger partial charge in [-0.05, 0) is 50.1 Å². The highest BCUT2D eigenvalue weighted by atomic mass is 79.9. The molecule has 0 fully saturated rings. The molecule has 2 aromatic heterocycles. The van der Waals surface area contributed by atoms with Crippen LogP contribution in [-0.4, -0.2) is 21.6 Å². The first-order valence-electron chi connectivity index (χ1n) is 6.96. The van der Waals surface area contributed by atoms with Gasteiger partial charge in [-0.2, -0.15) is 0 Å². The van der Waals surface area contributed by atoms with E-state index in [1.807, 2.05) is 35.7 Å². The van der Waals surface area contributed by atoms with Gasteiger partial charge < -0.3 is 5.32 Å². The zero-order valence-corrected chi connectivity index (χ0v) is 18.1. The number of aromatic nitrogens is 2. The van der Waals surface area contributed by atoms with Gasteiger partial charge in [0.2, 0.25) is 5.91 Å². The third kappa shape index (κ3) is 5.27. The number of hydrogen-bond acceptors (Lipinski definition) is 5. The van der Waals surface area contributed by atoms with Gasteiger partial charge in [0, 0.05) is 26.6 Å². The maximum Gasteiger partial charge on any atom is 0.236 e. The van der Waals surface area contributed by atoms with Crippen molar-refractivity contribution in [2.75, 3.05) is 11.1 Å². The van der Waals surface area contributed by atoms with Crippen molar-refractivity contribution in [1.29, 1.82) is 0 Å². The number of carbonyl (C=O) groups excluding carboxylic acids is 1. The van der Waals surface area contributed by atoms with Crippen molar-refractivity contribution in [1.82, 2.24) is 9.97 Å². The summed E-state index contributed by atoms with van der Waals surface area (Å²) in [6.45, 7) is 0. The molecule has 2 heterocycles. The molecule has 0 atom stereocenters. The van der Waals surface area contributed by atoms with Crippen LogP contribution in [0, 0.1) is 0 Å². The van der Waals surface area contributed by atoms with Crippen LogP contribution in [0.1, 0.15) is 0 Å². The van der Waals surface area contributed by atoms with Crippen LogP contribution < -0.4 is 5.32 Å². The Kier molecular flexibility index (Phi) is 6.51. The van der Waals surface area contributed by atoms with Crippen LogP contribution in [0.3, 0.4) is 0 Å². The molecule has 3 rings (SSSR count). The Morgan fingerprint density at radius 3 is 2.76 bits per heavy atom. The lowest BCUT2D eigenvalue weighted by Crippen LogP contribution is -2.15. The molecule has 0 unspecified atom stereocenters. The standard InChI is InChI=1S/C16H10Br2ClN3OS2/c17-10-5-12(18)15(20-6-10)22-14(23)8-25-16-21-13(7-24-16)9-1-3-11(19)4-2-9/h1-7H,8H2,(H,20,22,23). The minimum atomic E-state index is -0.135. The molecule has 25 heavy (non-hydrogen) atoms. The molecule has 0 aliphatic heterocycles. The van der Waals surface area contributed by atoms with Crippen molar-refractivity contribution in [3.05, 3.63) is 55.9 Å². The quantitative estimate of drug-likeness (QED) is 0.413. The molecule has 1 N–H and O–H groups in total. The number of thioether (sulfide) groups is 1. The van der Waals surface area contributed by atoms with Crippen LogP contribution in [-0.2, 0) is 4.79 Å². The van der Waals surface area contributed by atoms with Crippen molar-refractivity contribution >= 4 is 78.3 Å². The summed E-state index contributed by atoms with van der Waals surface area (Å²) in [4.78, 5) is 20.8. The lowest BCUT2D eigenvalue weighted by molar-refractivity contribution is -0.113. The van der Waals surface area contributed by atoms with Crippen molar-refractivity contribution in [3.63, 3.8) is 0 Å². The molecule has 1 aromatic carbocycles. The number of hydrogen-bond donors (Lipinski definition) is 1. The third-order valence-electron chi connectivity index (χ3n) is 3.02. The number of anilines is 1. The zero-order valence-electron chi connectivity index (χ0n) is 12.5. The Balaban J connectivity index is 1.58. The molecule has 9 heteroatoms. The maximum absolute atomic E-state index is 12.1. The highest BCUT2D eigenvalue weighted by molar-refractivity contribution is 9.11. The van der Waals surface area contributed by atoms with Crippen molar-refractivity contribution < 1.29 is 4.79 Å². The lowest BCUT2D eigenvalue weighted by Gasteiger charge is -2.05. The Bertz CT molecular complexity index is 903. The van der Waals surface area contributed by atoms with Crippen LogP contribution in [0.2, 0.25) is 5.02 Å². The second kappa shape index (κ2) is 8.64. The molecule has 128 valence electrons. The second-order valence-corrected chi connectivity index (χ2v) is 9.11. The molecule has 0 aliphatic carbocycles. The fourth-order valence-electron chi connectivity index (χ4n) is 1.88. The predicted octanol–water partition coefficient (Wildman–Crippen LogP) is 6.11. The Morgan fingerprint density at radius 1 is 1.28 bits per heavy atom. The normalized spacial score (nSPS) is 10.7. The summed E-state index contributed by atoms with van der Waals surface area (Å²) in [5.74, 6) is 0.621. The van der Waals surface area contributed by atoms with Gasteiger partial charge in [0.05, 0.1) is 15.9 Å². The van der Waals surface area contributed by atoms with Crippen molar-refractivity contribution in [2.45, 2.75) is 4.34 Å². The molecular formula is C16H10Br2ClN3OS2. The van der Waals surface area contributed by atoms with Crippen LogP contribution in [0.5, 0.6) is 0 Å². The van der Waals surface area contributed by atoms with Gasteiger partial charge in [-0.15, -0.1) is 11.3 Å². The number of pyridine rings is 1. The van der Waals surface area contributed by atoms with E-state index in [-0.39, 0.29) is 11.7 Å². The number of halogens is 3. The molecule has 0 radical (unpaired) electrons. The fraction of sp³-hybridized carbons (Fsp3) is 0.0625. The van der Waals surface area contributed by atoms with Gasteiger partial charge in [0.1, 0.15) is 5.82 Å². The number of benzene rings is 1. The molecule has 0 spiro atoms. The molecule has 0 bridgehead atoms.